The SMILES string of the molecule is NC(=O)C(CC=C=O)CCCC1NC(=O)C(CCCC(CC=C=O)C(N)=O)NC1=O. The van der Waals surface area contributed by atoms with Gasteiger partial charge in [0.1, 0.15) is 24.0 Å². The lowest BCUT2D eigenvalue weighted by Crippen LogP contribution is -2.61. The Morgan fingerprint density at radius 2 is 1.20 bits per heavy atom. The smallest absolute Gasteiger partial charge is 0.243 e. The summed E-state index contributed by atoms with van der Waals surface area (Å²) in [7, 11) is 0. The highest BCUT2D eigenvalue weighted by atomic mass is 16.2. The standard InChI is InChI=1S/C20H28N4O6/c21-17(27)13(7-3-11-25)5-1-9-15-19(29)24-16(20(30)23-15)10-2-6-14(18(22)28)8-4-12-26/h3-4,13-16H,1-2,5-10H2,(H2,21,27)(H2,22,28)(H,23,30)(H,24,29). The van der Waals surface area contributed by atoms with Gasteiger partial charge in [0.25, 0.3) is 0 Å². The van der Waals surface area contributed by atoms with E-state index in [1.165, 1.54) is 12.2 Å². The van der Waals surface area contributed by atoms with Crippen molar-refractivity contribution in [3.63, 3.8) is 0 Å². The Balaban J connectivity index is 2.46. The van der Waals surface area contributed by atoms with E-state index in [1.807, 2.05) is 0 Å². The van der Waals surface area contributed by atoms with Gasteiger partial charge < -0.3 is 22.1 Å². The number of primary amides is 2. The minimum Gasteiger partial charge on any atom is -0.369 e. The lowest BCUT2D eigenvalue weighted by Gasteiger charge is -2.30. The number of nitrogens with two attached hydrogens (primary N) is 2. The van der Waals surface area contributed by atoms with E-state index in [9.17, 15) is 28.8 Å². The molecule has 1 aliphatic rings. The van der Waals surface area contributed by atoms with E-state index in [2.05, 4.69) is 10.6 Å². The molecule has 1 aliphatic heterocycles. The molecule has 4 unspecified atom stereocenters. The van der Waals surface area contributed by atoms with Crippen molar-refractivity contribution in [3.05, 3.63) is 12.2 Å². The first-order valence-electron chi connectivity index (χ1n) is 9.88. The zero-order chi connectivity index (χ0) is 22.5. The maximum Gasteiger partial charge on any atom is 0.243 e. The number of rotatable bonds is 14. The Morgan fingerprint density at radius 3 is 1.50 bits per heavy atom. The Bertz CT molecular complexity index is 678. The first kappa shape index (κ1) is 24.8. The number of nitrogens with one attached hydrogen (secondary N) is 2. The van der Waals surface area contributed by atoms with Gasteiger partial charge in [0.2, 0.25) is 23.6 Å². The summed E-state index contributed by atoms with van der Waals surface area (Å²) in [6, 6.07) is -1.42. The fourth-order valence-electron chi connectivity index (χ4n) is 3.35. The minimum atomic E-state index is -0.708. The fraction of sp³-hybridized carbons (Fsp3) is 0.600. The summed E-state index contributed by atoms with van der Waals surface area (Å²) in [6.07, 6.45) is 5.17. The van der Waals surface area contributed by atoms with Gasteiger partial charge in [0.05, 0.1) is 0 Å². The number of allylic oxidation sites excluding steroid dienone is 2. The molecule has 0 saturated carbocycles. The first-order chi connectivity index (χ1) is 14.3. The molecule has 0 aromatic heterocycles. The fourth-order valence-corrected chi connectivity index (χ4v) is 3.35. The topological polar surface area (TPSA) is 179 Å². The minimum absolute atomic E-state index is 0.194. The highest BCUT2D eigenvalue weighted by Crippen LogP contribution is 2.17. The van der Waals surface area contributed by atoms with Crippen LogP contribution in [0.4, 0.5) is 0 Å². The van der Waals surface area contributed by atoms with Crippen molar-refractivity contribution in [1.82, 2.24) is 10.6 Å². The molecule has 1 heterocycles. The monoisotopic (exact) mass is 420 g/mol. The van der Waals surface area contributed by atoms with Gasteiger partial charge in [-0.25, -0.2) is 9.59 Å². The van der Waals surface area contributed by atoms with Crippen LogP contribution in [-0.2, 0) is 28.8 Å². The maximum atomic E-state index is 12.3. The van der Waals surface area contributed by atoms with Gasteiger partial charge in [-0.05, 0) is 38.5 Å². The van der Waals surface area contributed by atoms with Crippen LogP contribution in [-0.4, -0.2) is 47.6 Å². The van der Waals surface area contributed by atoms with E-state index in [-0.39, 0.29) is 24.7 Å². The van der Waals surface area contributed by atoms with Crippen LogP contribution in [0.15, 0.2) is 12.2 Å². The van der Waals surface area contributed by atoms with Crippen LogP contribution in [0.2, 0.25) is 0 Å². The zero-order valence-corrected chi connectivity index (χ0v) is 16.7. The van der Waals surface area contributed by atoms with Crippen LogP contribution in [0, 0.1) is 11.8 Å². The summed E-state index contributed by atoms with van der Waals surface area (Å²) in [4.78, 5) is 67.9. The summed E-state index contributed by atoms with van der Waals surface area (Å²) in [6.45, 7) is 0. The molecule has 4 amide bonds. The van der Waals surface area contributed by atoms with Crippen molar-refractivity contribution >= 4 is 35.5 Å². The molecule has 0 aromatic rings. The third-order valence-electron chi connectivity index (χ3n) is 5.13. The summed E-state index contributed by atoms with van der Waals surface area (Å²) < 4.78 is 0. The summed E-state index contributed by atoms with van der Waals surface area (Å²) >= 11 is 0. The number of piperazine rings is 1. The predicted octanol–water partition coefficient (Wildman–Crippen LogP) is -0.931. The molecular formula is C20H28N4O6. The van der Waals surface area contributed by atoms with Crippen LogP contribution in [0.1, 0.15) is 51.4 Å². The summed E-state index contributed by atoms with van der Waals surface area (Å²) in [5, 5.41) is 5.34. The van der Waals surface area contributed by atoms with Crippen LogP contribution in [0.3, 0.4) is 0 Å². The number of hydrogen-bond donors (Lipinski definition) is 4. The molecule has 30 heavy (non-hydrogen) atoms. The Morgan fingerprint density at radius 1 is 0.833 bits per heavy atom. The molecule has 0 aliphatic carbocycles. The van der Waals surface area contributed by atoms with E-state index in [1.54, 1.807) is 11.9 Å². The number of carbonyl (C=O) groups excluding carboxylic acids is 6. The van der Waals surface area contributed by atoms with E-state index in [0.29, 0.717) is 38.5 Å². The average molecular weight is 420 g/mol. The molecule has 4 atom stereocenters. The molecule has 1 fully saturated rings. The van der Waals surface area contributed by atoms with Crippen LogP contribution < -0.4 is 22.1 Å². The van der Waals surface area contributed by atoms with Gasteiger partial charge in [-0.2, -0.15) is 0 Å². The van der Waals surface area contributed by atoms with Gasteiger partial charge in [0, 0.05) is 24.0 Å². The van der Waals surface area contributed by atoms with E-state index in [0.717, 1.165) is 0 Å². The first-order valence-corrected chi connectivity index (χ1v) is 9.88. The Hall–Kier alpha value is -3.22. The molecule has 0 radical (unpaired) electrons. The van der Waals surface area contributed by atoms with E-state index >= 15 is 0 Å². The molecule has 1 rings (SSSR count). The van der Waals surface area contributed by atoms with Gasteiger partial charge >= 0.3 is 0 Å². The summed E-state index contributed by atoms with van der Waals surface area (Å²) in [5.74, 6) is 0.461. The van der Waals surface area contributed by atoms with Gasteiger partial charge in [-0.1, -0.05) is 12.8 Å². The Labute approximate surface area is 174 Å². The molecule has 0 aromatic carbocycles. The second-order valence-electron chi connectivity index (χ2n) is 7.30. The van der Waals surface area contributed by atoms with Gasteiger partial charge in [0.15, 0.2) is 0 Å². The molecular weight excluding hydrogens is 392 g/mol. The van der Waals surface area contributed by atoms with Crippen molar-refractivity contribution < 1.29 is 28.8 Å². The molecule has 6 N–H and O–H groups in total. The molecule has 10 heteroatoms. The summed E-state index contributed by atoms with van der Waals surface area (Å²) in [5.41, 5.74) is 10.6. The predicted molar refractivity (Wildman–Crippen MR) is 107 cm³/mol. The largest absolute Gasteiger partial charge is 0.369 e. The van der Waals surface area contributed by atoms with Crippen LogP contribution in [0.5, 0.6) is 0 Å². The van der Waals surface area contributed by atoms with Crippen molar-refractivity contribution in [1.29, 1.82) is 0 Å². The molecule has 0 bridgehead atoms. The molecule has 0 spiro atoms. The number of hydrogen-bond acceptors (Lipinski definition) is 6. The normalized spacial score (nSPS) is 20.0. The van der Waals surface area contributed by atoms with Crippen molar-refractivity contribution in [2.24, 2.45) is 23.3 Å². The second kappa shape index (κ2) is 13.1. The highest BCUT2D eigenvalue weighted by Gasteiger charge is 2.33. The number of amides is 4. The van der Waals surface area contributed by atoms with E-state index < -0.39 is 35.7 Å². The third-order valence-corrected chi connectivity index (χ3v) is 5.13. The maximum absolute atomic E-state index is 12.3. The van der Waals surface area contributed by atoms with Crippen molar-refractivity contribution in [2.45, 2.75) is 63.5 Å². The van der Waals surface area contributed by atoms with Crippen LogP contribution in [0.25, 0.3) is 0 Å². The lowest BCUT2D eigenvalue weighted by molar-refractivity contribution is -0.137. The quantitative estimate of drug-likeness (QED) is 0.264. The Kier molecular flexibility index (Phi) is 10.8. The molecule has 1 saturated heterocycles. The highest BCUT2D eigenvalue weighted by molar-refractivity contribution is 5.96. The van der Waals surface area contributed by atoms with Gasteiger partial charge in [-0.15, -0.1) is 0 Å². The second-order valence-corrected chi connectivity index (χ2v) is 7.30. The van der Waals surface area contributed by atoms with Crippen LogP contribution >= 0.6 is 0 Å². The van der Waals surface area contributed by atoms with Crippen molar-refractivity contribution in [2.75, 3.05) is 0 Å². The molecule has 10 nitrogen and oxygen atoms in total. The third kappa shape index (κ3) is 8.43. The van der Waals surface area contributed by atoms with Crippen molar-refractivity contribution in [3.8, 4) is 0 Å². The number of carbonyl (C=O) groups is 4. The average Bonchev–Trinajstić information content (AvgIpc) is 2.69. The van der Waals surface area contributed by atoms with E-state index in [4.69, 9.17) is 11.5 Å². The van der Waals surface area contributed by atoms with Gasteiger partial charge in [-0.3, -0.25) is 19.2 Å². The lowest BCUT2D eigenvalue weighted by atomic mass is 9.93. The zero-order valence-electron chi connectivity index (χ0n) is 16.7. The molecule has 164 valence electrons.